The molecule has 1 aliphatic rings. The number of anilines is 1. The summed E-state index contributed by atoms with van der Waals surface area (Å²) in [4.78, 5) is 22.9. The molecule has 1 amide bonds. The van der Waals surface area contributed by atoms with E-state index in [9.17, 15) is 27.2 Å². The number of halogens is 4. The highest BCUT2D eigenvalue weighted by molar-refractivity contribution is 5.93. The van der Waals surface area contributed by atoms with Crippen LogP contribution in [0.1, 0.15) is 31.2 Å². The molecule has 0 bridgehead atoms. The fraction of sp³-hybridized carbons (Fsp3) is 0.467. The molecule has 126 valence electrons. The number of carbonyl (C=O) groups is 2. The van der Waals surface area contributed by atoms with Gasteiger partial charge in [-0.25, -0.2) is 4.39 Å². The highest BCUT2D eigenvalue weighted by Crippen LogP contribution is 2.33. The molecule has 0 unspecified atom stereocenters. The van der Waals surface area contributed by atoms with Crippen LogP contribution in [0.4, 0.5) is 23.2 Å². The molecule has 1 fully saturated rings. The van der Waals surface area contributed by atoms with Crippen LogP contribution in [0, 0.1) is 17.7 Å². The zero-order valence-corrected chi connectivity index (χ0v) is 12.0. The highest BCUT2D eigenvalue weighted by Gasteiger charge is 2.33. The summed E-state index contributed by atoms with van der Waals surface area (Å²) in [7, 11) is 0. The van der Waals surface area contributed by atoms with Gasteiger partial charge in [0.05, 0.1) is 17.2 Å². The van der Waals surface area contributed by atoms with E-state index in [0.29, 0.717) is 43.9 Å². The van der Waals surface area contributed by atoms with Crippen LogP contribution in [0.5, 0.6) is 0 Å². The molecule has 1 aliphatic carbocycles. The van der Waals surface area contributed by atoms with Crippen LogP contribution in [0.3, 0.4) is 0 Å². The minimum absolute atomic E-state index is 0.309. The molecule has 1 aromatic rings. The normalized spacial score (nSPS) is 21.7. The van der Waals surface area contributed by atoms with E-state index in [1.54, 1.807) is 0 Å². The second kappa shape index (κ2) is 6.55. The Morgan fingerprint density at radius 2 is 1.65 bits per heavy atom. The number of nitrogens with one attached hydrogen (secondary N) is 1. The second-order valence-electron chi connectivity index (χ2n) is 5.57. The van der Waals surface area contributed by atoms with Crippen molar-refractivity contribution in [2.24, 2.45) is 11.8 Å². The summed E-state index contributed by atoms with van der Waals surface area (Å²) in [6, 6.07) is 1.80. The average Bonchev–Trinajstić information content (AvgIpc) is 2.48. The monoisotopic (exact) mass is 333 g/mol. The number of rotatable bonds is 3. The summed E-state index contributed by atoms with van der Waals surface area (Å²) in [5, 5.41) is 11.1. The zero-order valence-electron chi connectivity index (χ0n) is 12.0. The van der Waals surface area contributed by atoms with Gasteiger partial charge in [-0.05, 0) is 43.9 Å². The molecular formula is C15H15F4NO3. The Hall–Kier alpha value is -2.12. The predicted octanol–water partition coefficient (Wildman–Crippen LogP) is 3.67. The number of carbonyl (C=O) groups excluding carboxylic acids is 1. The molecule has 2 rings (SSSR count). The number of alkyl halides is 3. The van der Waals surface area contributed by atoms with Gasteiger partial charge in [0.2, 0.25) is 5.91 Å². The van der Waals surface area contributed by atoms with Crippen molar-refractivity contribution in [1.29, 1.82) is 0 Å². The Kier molecular flexibility index (Phi) is 4.91. The summed E-state index contributed by atoms with van der Waals surface area (Å²) in [5.41, 5.74) is -1.58. The Bertz CT molecular complexity index is 607. The van der Waals surface area contributed by atoms with E-state index in [1.165, 1.54) is 0 Å². The van der Waals surface area contributed by atoms with Gasteiger partial charge in [-0.1, -0.05) is 0 Å². The molecule has 0 heterocycles. The van der Waals surface area contributed by atoms with Crippen LogP contribution >= 0.6 is 0 Å². The fourth-order valence-electron chi connectivity index (χ4n) is 2.63. The molecule has 0 radical (unpaired) electrons. The summed E-state index contributed by atoms with van der Waals surface area (Å²) in [6.45, 7) is 0. The van der Waals surface area contributed by atoms with Crippen molar-refractivity contribution in [2.45, 2.75) is 31.9 Å². The first kappa shape index (κ1) is 17.2. The van der Waals surface area contributed by atoms with Crippen LogP contribution in [-0.2, 0) is 15.8 Å². The Morgan fingerprint density at radius 1 is 1.09 bits per heavy atom. The van der Waals surface area contributed by atoms with Gasteiger partial charge in [0.1, 0.15) is 5.82 Å². The molecule has 0 aliphatic heterocycles. The number of carboxylic acids is 1. The average molecular weight is 333 g/mol. The van der Waals surface area contributed by atoms with Gasteiger partial charge < -0.3 is 10.4 Å². The molecule has 0 saturated heterocycles. The van der Waals surface area contributed by atoms with Crippen molar-refractivity contribution in [2.75, 3.05) is 5.32 Å². The third kappa shape index (κ3) is 4.20. The minimum Gasteiger partial charge on any atom is -0.481 e. The van der Waals surface area contributed by atoms with Gasteiger partial charge in [-0.3, -0.25) is 9.59 Å². The first-order chi connectivity index (χ1) is 10.7. The molecular weight excluding hydrogens is 318 g/mol. The van der Waals surface area contributed by atoms with Gasteiger partial charge in [0.25, 0.3) is 0 Å². The van der Waals surface area contributed by atoms with E-state index in [1.807, 2.05) is 0 Å². The van der Waals surface area contributed by atoms with E-state index in [-0.39, 0.29) is 0 Å². The lowest BCUT2D eigenvalue weighted by Gasteiger charge is -2.25. The quantitative estimate of drug-likeness (QED) is 0.830. The van der Waals surface area contributed by atoms with Gasteiger partial charge in [0.15, 0.2) is 0 Å². The molecule has 0 atom stereocenters. The number of benzene rings is 1. The SMILES string of the molecule is O=C(O)C1CCC(C(=O)Nc2cc(C(F)(F)F)ccc2F)CC1. The van der Waals surface area contributed by atoms with Crippen molar-refractivity contribution in [3.8, 4) is 0 Å². The number of hydrogen-bond donors (Lipinski definition) is 2. The van der Waals surface area contributed by atoms with Crippen LogP contribution in [0.2, 0.25) is 0 Å². The topological polar surface area (TPSA) is 66.4 Å². The maximum absolute atomic E-state index is 13.6. The smallest absolute Gasteiger partial charge is 0.416 e. The lowest BCUT2D eigenvalue weighted by Crippen LogP contribution is -2.29. The molecule has 8 heteroatoms. The minimum atomic E-state index is -4.63. The molecule has 2 N–H and O–H groups in total. The predicted molar refractivity (Wildman–Crippen MR) is 73.1 cm³/mol. The van der Waals surface area contributed by atoms with E-state index in [2.05, 4.69) is 5.32 Å². The molecule has 23 heavy (non-hydrogen) atoms. The molecule has 1 aromatic carbocycles. The van der Waals surface area contributed by atoms with E-state index < -0.39 is 47.0 Å². The Balaban J connectivity index is 2.05. The van der Waals surface area contributed by atoms with Crippen LogP contribution in [-0.4, -0.2) is 17.0 Å². The zero-order chi connectivity index (χ0) is 17.2. The third-order valence-electron chi connectivity index (χ3n) is 4.00. The summed E-state index contributed by atoms with van der Waals surface area (Å²) in [5.74, 6) is -3.51. The van der Waals surface area contributed by atoms with Crippen molar-refractivity contribution >= 4 is 17.6 Å². The number of aliphatic carboxylic acids is 1. The summed E-state index contributed by atoms with van der Waals surface area (Å²) < 4.78 is 51.5. The van der Waals surface area contributed by atoms with Gasteiger partial charge in [0, 0.05) is 5.92 Å². The fourth-order valence-corrected chi connectivity index (χ4v) is 2.63. The number of carboxylic acid groups (broad SMARTS) is 1. The van der Waals surface area contributed by atoms with Crippen molar-refractivity contribution in [3.05, 3.63) is 29.6 Å². The highest BCUT2D eigenvalue weighted by atomic mass is 19.4. The van der Waals surface area contributed by atoms with E-state index in [4.69, 9.17) is 5.11 Å². The number of hydrogen-bond acceptors (Lipinski definition) is 2. The van der Waals surface area contributed by atoms with Crippen LogP contribution < -0.4 is 5.32 Å². The third-order valence-corrected chi connectivity index (χ3v) is 4.00. The summed E-state index contributed by atoms with van der Waals surface area (Å²) in [6.07, 6.45) is -3.38. The molecule has 0 aromatic heterocycles. The largest absolute Gasteiger partial charge is 0.481 e. The van der Waals surface area contributed by atoms with Crippen molar-refractivity contribution < 1.29 is 32.3 Å². The van der Waals surface area contributed by atoms with Crippen LogP contribution in [0.15, 0.2) is 18.2 Å². The Morgan fingerprint density at radius 3 is 2.17 bits per heavy atom. The van der Waals surface area contributed by atoms with Crippen molar-refractivity contribution in [3.63, 3.8) is 0 Å². The van der Waals surface area contributed by atoms with Crippen molar-refractivity contribution in [1.82, 2.24) is 0 Å². The maximum atomic E-state index is 13.6. The van der Waals surface area contributed by atoms with Gasteiger partial charge in [-0.15, -0.1) is 0 Å². The molecule has 0 spiro atoms. The molecule has 1 saturated carbocycles. The van der Waals surface area contributed by atoms with E-state index in [0.717, 1.165) is 0 Å². The maximum Gasteiger partial charge on any atom is 0.416 e. The van der Waals surface area contributed by atoms with E-state index >= 15 is 0 Å². The second-order valence-corrected chi connectivity index (χ2v) is 5.57. The standard InChI is InChI=1S/C15H15F4NO3/c16-11-6-5-10(15(17,18)19)7-12(11)20-13(21)8-1-3-9(4-2-8)14(22)23/h5-9H,1-4H2,(H,20,21)(H,22,23). The molecule has 4 nitrogen and oxygen atoms in total. The summed E-state index contributed by atoms with van der Waals surface area (Å²) >= 11 is 0. The van der Waals surface area contributed by atoms with Gasteiger partial charge >= 0.3 is 12.1 Å². The first-order valence-corrected chi connectivity index (χ1v) is 7.09. The van der Waals surface area contributed by atoms with Crippen LogP contribution in [0.25, 0.3) is 0 Å². The number of amides is 1. The lowest BCUT2D eigenvalue weighted by molar-refractivity contribution is -0.143. The lowest BCUT2D eigenvalue weighted by atomic mass is 9.81. The Labute approximate surface area is 129 Å². The first-order valence-electron chi connectivity index (χ1n) is 7.09. The van der Waals surface area contributed by atoms with Gasteiger partial charge in [-0.2, -0.15) is 13.2 Å².